The number of aromatic nitrogens is 2. The van der Waals surface area contributed by atoms with Gasteiger partial charge in [-0.05, 0) is 25.1 Å². The van der Waals surface area contributed by atoms with E-state index in [0.29, 0.717) is 5.92 Å². The van der Waals surface area contributed by atoms with Crippen molar-refractivity contribution in [3.8, 4) is 0 Å². The van der Waals surface area contributed by atoms with Gasteiger partial charge in [-0.3, -0.25) is 0 Å². The first-order valence-electron chi connectivity index (χ1n) is 4.92. The van der Waals surface area contributed by atoms with E-state index in [4.69, 9.17) is 0 Å². The molecule has 0 bridgehead atoms. The predicted molar refractivity (Wildman–Crippen MR) is 60.5 cm³/mol. The molecule has 78 valence electrons. The molecular weight excluding hydrogens is 194 g/mol. The lowest BCUT2D eigenvalue weighted by molar-refractivity contribution is 0.573. The van der Waals surface area contributed by atoms with Crippen LogP contribution in [0.2, 0.25) is 0 Å². The average molecular weight is 211 g/mol. The fourth-order valence-electron chi connectivity index (χ4n) is 1.04. The summed E-state index contributed by atoms with van der Waals surface area (Å²) in [5, 5.41) is 4.40. The SMILES string of the molecule is CCNCC(C)CSc1ccncn1. The Balaban J connectivity index is 2.20. The van der Waals surface area contributed by atoms with Crippen LogP contribution in [0.5, 0.6) is 0 Å². The van der Waals surface area contributed by atoms with Crippen LogP contribution < -0.4 is 5.32 Å². The molecule has 1 unspecified atom stereocenters. The summed E-state index contributed by atoms with van der Waals surface area (Å²) in [4.78, 5) is 8.05. The van der Waals surface area contributed by atoms with Crippen molar-refractivity contribution in [1.29, 1.82) is 0 Å². The van der Waals surface area contributed by atoms with Crippen LogP contribution in [0.25, 0.3) is 0 Å². The number of hydrogen-bond acceptors (Lipinski definition) is 4. The minimum Gasteiger partial charge on any atom is -0.317 e. The number of rotatable bonds is 6. The van der Waals surface area contributed by atoms with E-state index in [1.54, 1.807) is 24.3 Å². The zero-order valence-electron chi connectivity index (χ0n) is 8.73. The number of nitrogens with zero attached hydrogens (tertiary/aromatic N) is 2. The van der Waals surface area contributed by atoms with Gasteiger partial charge in [-0.2, -0.15) is 0 Å². The third kappa shape index (κ3) is 4.58. The Labute approximate surface area is 89.7 Å². The third-order valence-corrected chi connectivity index (χ3v) is 3.09. The standard InChI is InChI=1S/C10H17N3S/c1-3-11-6-9(2)7-14-10-4-5-12-8-13-10/h4-5,8-9,11H,3,6-7H2,1-2H3. The molecule has 1 aromatic rings. The van der Waals surface area contributed by atoms with Gasteiger partial charge in [0.1, 0.15) is 6.33 Å². The molecule has 1 N–H and O–H groups in total. The highest BCUT2D eigenvalue weighted by atomic mass is 32.2. The fourth-order valence-corrected chi connectivity index (χ4v) is 1.89. The smallest absolute Gasteiger partial charge is 0.116 e. The molecule has 1 heterocycles. The van der Waals surface area contributed by atoms with Crippen molar-refractivity contribution in [3.63, 3.8) is 0 Å². The maximum Gasteiger partial charge on any atom is 0.116 e. The molecule has 0 amide bonds. The molecule has 0 aliphatic rings. The van der Waals surface area contributed by atoms with Gasteiger partial charge in [0, 0.05) is 11.9 Å². The second kappa shape index (κ2) is 6.79. The van der Waals surface area contributed by atoms with Gasteiger partial charge < -0.3 is 5.32 Å². The summed E-state index contributed by atoms with van der Waals surface area (Å²) in [6.07, 6.45) is 3.38. The topological polar surface area (TPSA) is 37.8 Å². The summed E-state index contributed by atoms with van der Waals surface area (Å²) in [5.74, 6) is 1.78. The van der Waals surface area contributed by atoms with E-state index in [1.807, 2.05) is 6.07 Å². The number of nitrogens with one attached hydrogen (secondary N) is 1. The van der Waals surface area contributed by atoms with Crippen LogP contribution >= 0.6 is 11.8 Å². The highest BCUT2D eigenvalue weighted by Crippen LogP contribution is 2.16. The zero-order valence-corrected chi connectivity index (χ0v) is 9.55. The first-order chi connectivity index (χ1) is 6.83. The Hall–Kier alpha value is -0.610. The maximum atomic E-state index is 4.16. The van der Waals surface area contributed by atoms with Gasteiger partial charge in [-0.25, -0.2) is 9.97 Å². The second-order valence-corrected chi connectivity index (χ2v) is 4.31. The summed E-state index contributed by atoms with van der Waals surface area (Å²) >= 11 is 1.79. The molecule has 0 aliphatic heterocycles. The van der Waals surface area contributed by atoms with E-state index in [1.165, 1.54) is 0 Å². The highest BCUT2D eigenvalue weighted by molar-refractivity contribution is 7.99. The van der Waals surface area contributed by atoms with Crippen molar-refractivity contribution in [2.45, 2.75) is 18.9 Å². The van der Waals surface area contributed by atoms with Gasteiger partial charge in [0.25, 0.3) is 0 Å². The van der Waals surface area contributed by atoms with Crippen LogP contribution in [-0.2, 0) is 0 Å². The van der Waals surface area contributed by atoms with E-state index >= 15 is 0 Å². The van der Waals surface area contributed by atoms with E-state index in [2.05, 4.69) is 29.1 Å². The van der Waals surface area contributed by atoms with E-state index in [-0.39, 0.29) is 0 Å². The zero-order chi connectivity index (χ0) is 10.2. The van der Waals surface area contributed by atoms with Crippen LogP contribution in [0.4, 0.5) is 0 Å². The predicted octanol–water partition coefficient (Wildman–Crippen LogP) is 1.81. The summed E-state index contributed by atoms with van der Waals surface area (Å²) in [7, 11) is 0. The Morgan fingerprint density at radius 2 is 2.43 bits per heavy atom. The van der Waals surface area contributed by atoms with Gasteiger partial charge in [-0.15, -0.1) is 11.8 Å². The molecule has 1 rings (SSSR count). The van der Waals surface area contributed by atoms with Gasteiger partial charge >= 0.3 is 0 Å². The first kappa shape index (κ1) is 11.5. The van der Waals surface area contributed by atoms with Crippen molar-refractivity contribution in [1.82, 2.24) is 15.3 Å². The minimum absolute atomic E-state index is 0.676. The average Bonchev–Trinajstić information content (AvgIpc) is 2.25. The van der Waals surface area contributed by atoms with Crippen LogP contribution in [0.15, 0.2) is 23.6 Å². The van der Waals surface area contributed by atoms with Gasteiger partial charge in [0.05, 0.1) is 5.03 Å². The molecule has 0 aliphatic carbocycles. The quantitative estimate of drug-likeness (QED) is 0.575. The molecular formula is C10H17N3S. The van der Waals surface area contributed by atoms with Gasteiger partial charge in [-0.1, -0.05) is 13.8 Å². The summed E-state index contributed by atoms with van der Waals surface area (Å²) in [6.45, 7) is 6.50. The molecule has 0 saturated heterocycles. The Kier molecular flexibility index (Phi) is 5.56. The van der Waals surface area contributed by atoms with Crippen LogP contribution in [0.1, 0.15) is 13.8 Å². The van der Waals surface area contributed by atoms with Crippen LogP contribution in [0.3, 0.4) is 0 Å². The monoisotopic (exact) mass is 211 g/mol. The summed E-state index contributed by atoms with van der Waals surface area (Å²) in [6, 6.07) is 1.95. The van der Waals surface area contributed by atoms with Crippen molar-refractivity contribution in [3.05, 3.63) is 18.6 Å². The Morgan fingerprint density at radius 3 is 3.07 bits per heavy atom. The van der Waals surface area contributed by atoms with Gasteiger partial charge in [0.2, 0.25) is 0 Å². The molecule has 0 aromatic carbocycles. The molecule has 0 radical (unpaired) electrons. The van der Waals surface area contributed by atoms with E-state index in [9.17, 15) is 0 Å². The second-order valence-electron chi connectivity index (χ2n) is 3.27. The third-order valence-electron chi connectivity index (χ3n) is 1.81. The van der Waals surface area contributed by atoms with Gasteiger partial charge in [0.15, 0.2) is 0 Å². The van der Waals surface area contributed by atoms with Crippen molar-refractivity contribution in [2.24, 2.45) is 5.92 Å². The normalized spacial score (nSPS) is 12.7. The molecule has 0 fully saturated rings. The van der Waals surface area contributed by atoms with Crippen LogP contribution in [-0.4, -0.2) is 28.8 Å². The molecule has 0 spiro atoms. The summed E-state index contributed by atoms with van der Waals surface area (Å²) in [5.41, 5.74) is 0. The van der Waals surface area contributed by atoms with E-state index < -0.39 is 0 Å². The van der Waals surface area contributed by atoms with Crippen molar-refractivity contribution >= 4 is 11.8 Å². The molecule has 4 heteroatoms. The molecule has 3 nitrogen and oxygen atoms in total. The number of thioether (sulfide) groups is 1. The number of hydrogen-bond donors (Lipinski definition) is 1. The highest BCUT2D eigenvalue weighted by Gasteiger charge is 2.02. The van der Waals surface area contributed by atoms with Crippen molar-refractivity contribution in [2.75, 3.05) is 18.8 Å². The largest absolute Gasteiger partial charge is 0.317 e. The minimum atomic E-state index is 0.676. The Bertz CT molecular complexity index is 240. The lowest BCUT2D eigenvalue weighted by Gasteiger charge is -2.10. The lowest BCUT2D eigenvalue weighted by atomic mass is 10.2. The van der Waals surface area contributed by atoms with Crippen molar-refractivity contribution < 1.29 is 0 Å². The summed E-state index contributed by atoms with van der Waals surface area (Å²) < 4.78 is 0. The maximum absolute atomic E-state index is 4.16. The first-order valence-corrected chi connectivity index (χ1v) is 5.91. The molecule has 14 heavy (non-hydrogen) atoms. The molecule has 1 atom stereocenters. The molecule has 0 saturated carbocycles. The van der Waals surface area contributed by atoms with Crippen LogP contribution in [0, 0.1) is 5.92 Å². The van der Waals surface area contributed by atoms with E-state index in [0.717, 1.165) is 23.9 Å². The fraction of sp³-hybridized carbons (Fsp3) is 0.600. The lowest BCUT2D eigenvalue weighted by Crippen LogP contribution is -2.21. The Morgan fingerprint density at radius 1 is 1.57 bits per heavy atom. The molecule has 1 aromatic heterocycles.